The average Bonchev–Trinajstić information content (AvgIpc) is 3.46. The van der Waals surface area contributed by atoms with Crippen molar-refractivity contribution < 1.29 is 0 Å². The Bertz CT molecular complexity index is 1100. The van der Waals surface area contributed by atoms with Crippen LogP contribution >= 0.6 is 34.7 Å². The van der Waals surface area contributed by atoms with Gasteiger partial charge >= 0.3 is 0 Å². The van der Waals surface area contributed by atoms with Gasteiger partial charge in [0.1, 0.15) is 0 Å². The molecule has 0 amide bonds. The Morgan fingerprint density at radius 2 is 1.29 bits per heavy atom. The Labute approximate surface area is 195 Å². The maximum Gasteiger partial charge on any atom is 0.205 e. The molecule has 1 aliphatic heterocycles. The molecule has 0 saturated carbocycles. The van der Waals surface area contributed by atoms with E-state index in [2.05, 4.69) is 60.1 Å². The van der Waals surface area contributed by atoms with Crippen LogP contribution < -0.4 is 10.2 Å². The van der Waals surface area contributed by atoms with Gasteiger partial charge in [-0.15, -0.1) is 0 Å². The Morgan fingerprint density at radius 1 is 0.774 bits per heavy atom. The number of nitrogens with one attached hydrogen (secondary N) is 1. The molecule has 1 saturated heterocycles. The molecule has 4 aromatic rings. The number of hydrogen-bond donors (Lipinski definition) is 1. The second kappa shape index (κ2) is 10.3. The predicted molar refractivity (Wildman–Crippen MR) is 130 cm³/mol. The molecule has 0 unspecified atom stereocenters. The summed E-state index contributed by atoms with van der Waals surface area (Å²) in [4.78, 5) is 11.0. The minimum Gasteiger partial charge on any atom is -0.344 e. The van der Waals surface area contributed by atoms with Crippen LogP contribution in [0.4, 0.5) is 5.13 Å². The van der Waals surface area contributed by atoms with E-state index >= 15 is 0 Å². The quantitative estimate of drug-likeness (QED) is 0.449. The fourth-order valence-corrected chi connectivity index (χ4v) is 4.40. The zero-order valence-corrected chi connectivity index (χ0v) is 19.8. The Morgan fingerprint density at radius 3 is 1.81 bits per heavy atom. The third kappa shape index (κ3) is 5.86. The minimum absolute atomic E-state index is 0.482. The second-order valence-electron chi connectivity index (χ2n) is 7.24. The van der Waals surface area contributed by atoms with Crippen molar-refractivity contribution in [1.82, 2.24) is 24.0 Å². The minimum atomic E-state index is 0.482. The smallest absolute Gasteiger partial charge is 0.205 e. The number of halogens is 1. The van der Waals surface area contributed by atoms with Crippen molar-refractivity contribution in [2.24, 2.45) is 0 Å². The van der Waals surface area contributed by atoms with Crippen LogP contribution in [0.15, 0.2) is 48.5 Å². The van der Waals surface area contributed by atoms with E-state index in [1.165, 1.54) is 34.2 Å². The number of rotatable bonds is 3. The van der Waals surface area contributed by atoms with Crippen molar-refractivity contribution in [1.29, 1.82) is 0 Å². The van der Waals surface area contributed by atoms with Crippen molar-refractivity contribution in [3.8, 4) is 22.8 Å². The van der Waals surface area contributed by atoms with Gasteiger partial charge in [-0.2, -0.15) is 13.7 Å². The summed E-state index contributed by atoms with van der Waals surface area (Å²) in [7, 11) is 0. The molecule has 0 radical (unpaired) electrons. The third-order valence-electron chi connectivity index (χ3n) is 4.82. The monoisotopic (exact) mass is 470 g/mol. The van der Waals surface area contributed by atoms with E-state index in [0.29, 0.717) is 10.3 Å². The molecule has 31 heavy (non-hydrogen) atoms. The molecule has 0 atom stereocenters. The van der Waals surface area contributed by atoms with Crippen LogP contribution in [-0.2, 0) is 0 Å². The van der Waals surface area contributed by atoms with E-state index in [0.717, 1.165) is 48.3 Å². The van der Waals surface area contributed by atoms with Gasteiger partial charge in [-0.1, -0.05) is 59.7 Å². The molecule has 6 nitrogen and oxygen atoms in total. The summed E-state index contributed by atoms with van der Waals surface area (Å²) >= 11 is 8.39. The van der Waals surface area contributed by atoms with E-state index in [-0.39, 0.29) is 0 Å². The summed E-state index contributed by atoms with van der Waals surface area (Å²) < 4.78 is 9.06. The lowest BCUT2D eigenvalue weighted by Crippen LogP contribution is -2.43. The van der Waals surface area contributed by atoms with Gasteiger partial charge in [0.2, 0.25) is 9.60 Å². The van der Waals surface area contributed by atoms with Crippen LogP contribution in [0, 0.1) is 13.8 Å². The summed E-state index contributed by atoms with van der Waals surface area (Å²) in [6.45, 7) is 8.22. The summed E-state index contributed by atoms with van der Waals surface area (Å²) in [6.07, 6.45) is 0. The highest BCUT2D eigenvalue weighted by molar-refractivity contribution is 7.10. The second-order valence-corrected chi connectivity index (χ2v) is 9.30. The van der Waals surface area contributed by atoms with Crippen molar-refractivity contribution in [3.63, 3.8) is 0 Å². The number of aryl methyl sites for hydroxylation is 2. The molecule has 0 aliphatic carbocycles. The number of piperazine rings is 1. The molecule has 0 bridgehead atoms. The van der Waals surface area contributed by atoms with Crippen LogP contribution in [0.2, 0.25) is 4.47 Å². The van der Waals surface area contributed by atoms with Crippen molar-refractivity contribution in [2.75, 3.05) is 31.1 Å². The molecule has 1 N–H and O–H groups in total. The van der Waals surface area contributed by atoms with E-state index in [4.69, 9.17) is 11.6 Å². The molecule has 2 aromatic heterocycles. The first kappa shape index (κ1) is 21.8. The van der Waals surface area contributed by atoms with Crippen LogP contribution in [0.1, 0.15) is 11.1 Å². The molecule has 3 heterocycles. The molecule has 2 aromatic carbocycles. The van der Waals surface area contributed by atoms with Gasteiger partial charge in [-0.25, -0.2) is 4.98 Å². The SMILES string of the molecule is Cc1ccc(-c2nsc(Cl)n2)cc1.Cc1ccc(-c2nsc(N3CCNCC3)n2)cc1. The molecule has 5 rings (SSSR count). The summed E-state index contributed by atoms with van der Waals surface area (Å²) in [5, 5.41) is 4.38. The van der Waals surface area contributed by atoms with E-state index in [1.54, 1.807) is 0 Å². The third-order valence-corrected chi connectivity index (χ3v) is 6.40. The lowest BCUT2D eigenvalue weighted by Gasteiger charge is -2.26. The van der Waals surface area contributed by atoms with Gasteiger partial charge in [0, 0.05) is 48.8 Å². The molecular weight excluding hydrogens is 448 g/mol. The molecule has 0 spiro atoms. The highest BCUT2D eigenvalue weighted by Gasteiger charge is 2.15. The van der Waals surface area contributed by atoms with Gasteiger partial charge in [-0.3, -0.25) is 0 Å². The average molecular weight is 471 g/mol. The first-order valence-electron chi connectivity index (χ1n) is 10.0. The fraction of sp³-hybridized carbons (Fsp3) is 0.273. The van der Waals surface area contributed by atoms with Crippen molar-refractivity contribution in [3.05, 3.63) is 64.1 Å². The maximum atomic E-state index is 5.69. The lowest BCUT2D eigenvalue weighted by atomic mass is 10.1. The predicted octanol–water partition coefficient (Wildman–Crippen LogP) is 5.09. The summed E-state index contributed by atoms with van der Waals surface area (Å²) in [5.41, 5.74) is 4.59. The van der Waals surface area contributed by atoms with Crippen molar-refractivity contribution in [2.45, 2.75) is 13.8 Å². The lowest BCUT2D eigenvalue weighted by molar-refractivity contribution is 0.588. The number of nitrogens with zero attached hydrogens (tertiary/aromatic N) is 5. The topological polar surface area (TPSA) is 66.8 Å². The highest BCUT2D eigenvalue weighted by Crippen LogP contribution is 2.24. The van der Waals surface area contributed by atoms with Gasteiger partial charge in [0.05, 0.1) is 0 Å². The number of hydrogen-bond acceptors (Lipinski definition) is 8. The molecule has 9 heteroatoms. The number of aromatic nitrogens is 4. The summed E-state index contributed by atoms with van der Waals surface area (Å²) in [6, 6.07) is 16.4. The van der Waals surface area contributed by atoms with Crippen LogP contribution in [0.5, 0.6) is 0 Å². The van der Waals surface area contributed by atoms with E-state index in [9.17, 15) is 0 Å². The van der Waals surface area contributed by atoms with Gasteiger partial charge in [-0.05, 0) is 37.0 Å². The van der Waals surface area contributed by atoms with Gasteiger partial charge < -0.3 is 10.2 Å². The first-order chi connectivity index (χ1) is 15.1. The van der Waals surface area contributed by atoms with Crippen molar-refractivity contribution >= 4 is 39.8 Å². The highest BCUT2D eigenvalue weighted by atomic mass is 35.5. The molecular formula is C22H23ClN6S2. The van der Waals surface area contributed by atoms with Gasteiger partial charge in [0.15, 0.2) is 11.6 Å². The van der Waals surface area contributed by atoms with Crippen LogP contribution in [0.25, 0.3) is 22.8 Å². The maximum absolute atomic E-state index is 5.69. The van der Waals surface area contributed by atoms with E-state index in [1.807, 2.05) is 31.2 Å². The van der Waals surface area contributed by atoms with Crippen LogP contribution in [-0.4, -0.2) is 44.9 Å². The molecule has 1 fully saturated rings. The zero-order valence-electron chi connectivity index (χ0n) is 17.4. The zero-order chi connectivity index (χ0) is 21.6. The Hall–Kier alpha value is -2.39. The fourth-order valence-electron chi connectivity index (χ4n) is 3.04. The number of anilines is 1. The van der Waals surface area contributed by atoms with E-state index < -0.39 is 0 Å². The Kier molecular flexibility index (Phi) is 7.24. The molecule has 1 aliphatic rings. The van der Waals surface area contributed by atoms with Crippen LogP contribution in [0.3, 0.4) is 0 Å². The standard InChI is InChI=1S/C13H16N4S.C9H7ClN2S/c1-10-2-4-11(5-3-10)12-15-13(18-16-12)17-8-6-14-7-9-17;1-6-2-4-7(5-3-6)8-11-9(10)13-12-8/h2-5,14H,6-9H2,1H3;2-5H,1H3. The normalized spacial score (nSPS) is 13.6. The largest absolute Gasteiger partial charge is 0.344 e. The first-order valence-corrected chi connectivity index (χ1v) is 11.9. The molecule has 160 valence electrons. The summed E-state index contributed by atoms with van der Waals surface area (Å²) in [5.74, 6) is 1.54. The Balaban J connectivity index is 0.000000158. The number of benzene rings is 2. The van der Waals surface area contributed by atoms with Gasteiger partial charge in [0.25, 0.3) is 0 Å².